The normalized spacial score (nSPS) is 14.9. The standard InChI is InChI=1S/C16H22ClN7O3/c17-16-22-13-12(19-8-20-13)14(23-16)24(9-4-5-9)7-11(25)21-10(15(26)27)3-1-2-6-18/h8-10H,1-7,18H2,(H,21,25)(H,26,27)(H,19,20,22,23)/t10-/m0/s1. The molecule has 0 spiro atoms. The number of imidazole rings is 1. The van der Waals surface area contributed by atoms with Crippen LogP contribution in [0.5, 0.6) is 0 Å². The van der Waals surface area contributed by atoms with Crippen molar-refractivity contribution in [1.29, 1.82) is 0 Å². The topological polar surface area (TPSA) is 150 Å². The Morgan fingerprint density at radius 3 is 2.85 bits per heavy atom. The summed E-state index contributed by atoms with van der Waals surface area (Å²) in [6, 6.07) is -0.792. The van der Waals surface area contributed by atoms with Crippen molar-refractivity contribution < 1.29 is 14.7 Å². The number of carboxylic acids is 1. The number of hydrogen-bond donors (Lipinski definition) is 4. The van der Waals surface area contributed by atoms with E-state index in [9.17, 15) is 14.7 Å². The van der Waals surface area contributed by atoms with Gasteiger partial charge in [0.05, 0.1) is 12.9 Å². The zero-order valence-electron chi connectivity index (χ0n) is 14.7. The molecule has 11 heteroatoms. The van der Waals surface area contributed by atoms with Crippen LogP contribution in [-0.2, 0) is 9.59 Å². The molecule has 5 N–H and O–H groups in total. The molecule has 1 fully saturated rings. The summed E-state index contributed by atoms with van der Waals surface area (Å²) in [5.74, 6) is -0.945. The second-order valence-corrected chi connectivity index (χ2v) is 6.86. The molecule has 146 valence electrons. The summed E-state index contributed by atoms with van der Waals surface area (Å²) in [5, 5.41) is 12.0. The van der Waals surface area contributed by atoms with Gasteiger partial charge < -0.3 is 26.0 Å². The molecule has 1 saturated carbocycles. The Balaban J connectivity index is 1.73. The molecular formula is C16H22ClN7O3. The molecule has 1 atom stereocenters. The van der Waals surface area contributed by atoms with Gasteiger partial charge in [0.2, 0.25) is 11.2 Å². The first-order valence-corrected chi connectivity index (χ1v) is 9.23. The van der Waals surface area contributed by atoms with E-state index in [0.717, 1.165) is 12.8 Å². The molecule has 1 aliphatic rings. The number of fused-ring (bicyclic) bond motifs is 1. The summed E-state index contributed by atoms with van der Waals surface area (Å²) < 4.78 is 0. The van der Waals surface area contributed by atoms with E-state index in [2.05, 4.69) is 25.3 Å². The maximum absolute atomic E-state index is 12.5. The van der Waals surface area contributed by atoms with Gasteiger partial charge in [0, 0.05) is 6.04 Å². The van der Waals surface area contributed by atoms with E-state index in [-0.39, 0.29) is 23.8 Å². The monoisotopic (exact) mass is 395 g/mol. The molecule has 3 rings (SSSR count). The van der Waals surface area contributed by atoms with Crippen molar-refractivity contribution >= 4 is 40.5 Å². The average Bonchev–Trinajstić information content (AvgIpc) is 3.35. The fourth-order valence-electron chi connectivity index (χ4n) is 2.91. The predicted octanol–water partition coefficient (Wildman–Crippen LogP) is 0.673. The van der Waals surface area contributed by atoms with Crippen molar-refractivity contribution in [3.8, 4) is 0 Å². The minimum atomic E-state index is -1.06. The number of unbranched alkanes of at least 4 members (excludes halogenated alkanes) is 1. The molecular weight excluding hydrogens is 374 g/mol. The second kappa shape index (κ2) is 8.49. The Bertz CT molecular complexity index is 823. The quantitative estimate of drug-likeness (QED) is 0.338. The Labute approximate surface area is 160 Å². The van der Waals surface area contributed by atoms with Crippen molar-refractivity contribution in [3.05, 3.63) is 11.6 Å². The highest BCUT2D eigenvalue weighted by Crippen LogP contribution is 2.33. The molecule has 0 bridgehead atoms. The molecule has 1 amide bonds. The fraction of sp³-hybridized carbons (Fsp3) is 0.562. The summed E-state index contributed by atoms with van der Waals surface area (Å²) >= 11 is 5.99. The summed E-state index contributed by atoms with van der Waals surface area (Å²) in [6.45, 7) is 0.469. The number of aliphatic carboxylic acids is 1. The molecule has 0 aliphatic heterocycles. The number of carbonyl (C=O) groups excluding carboxylic acids is 1. The van der Waals surface area contributed by atoms with Gasteiger partial charge in [0.25, 0.3) is 0 Å². The Morgan fingerprint density at radius 1 is 1.41 bits per heavy atom. The van der Waals surface area contributed by atoms with E-state index in [1.807, 2.05) is 4.90 Å². The maximum Gasteiger partial charge on any atom is 0.326 e. The first kappa shape index (κ1) is 19.3. The van der Waals surface area contributed by atoms with Gasteiger partial charge in [-0.25, -0.2) is 9.78 Å². The lowest BCUT2D eigenvalue weighted by Gasteiger charge is -2.24. The van der Waals surface area contributed by atoms with Crippen LogP contribution in [0, 0.1) is 0 Å². The van der Waals surface area contributed by atoms with Gasteiger partial charge in [0.15, 0.2) is 11.5 Å². The zero-order chi connectivity index (χ0) is 19.4. The third-order valence-electron chi connectivity index (χ3n) is 4.39. The summed E-state index contributed by atoms with van der Waals surface area (Å²) in [7, 11) is 0. The first-order chi connectivity index (χ1) is 13.0. The summed E-state index contributed by atoms with van der Waals surface area (Å²) in [6.07, 6.45) is 5.02. The smallest absolute Gasteiger partial charge is 0.326 e. The van der Waals surface area contributed by atoms with Crippen LogP contribution in [0.4, 0.5) is 5.82 Å². The minimum absolute atomic E-state index is 0.0210. The van der Waals surface area contributed by atoms with Crippen LogP contribution >= 0.6 is 11.6 Å². The van der Waals surface area contributed by atoms with Crippen molar-refractivity contribution in [1.82, 2.24) is 25.3 Å². The number of amides is 1. The molecule has 2 heterocycles. The van der Waals surface area contributed by atoms with Crippen LogP contribution in [-0.4, -0.2) is 62.1 Å². The molecule has 10 nitrogen and oxygen atoms in total. The van der Waals surface area contributed by atoms with Crippen molar-refractivity contribution in [2.45, 2.75) is 44.2 Å². The molecule has 0 radical (unpaired) electrons. The number of nitrogens with zero attached hydrogens (tertiary/aromatic N) is 4. The number of carbonyl (C=O) groups is 2. The van der Waals surface area contributed by atoms with E-state index >= 15 is 0 Å². The molecule has 2 aromatic heterocycles. The summed E-state index contributed by atoms with van der Waals surface area (Å²) in [5.41, 5.74) is 6.45. The van der Waals surface area contributed by atoms with Crippen molar-refractivity contribution in [2.75, 3.05) is 18.0 Å². The SMILES string of the molecule is NCCCC[C@H](NC(=O)CN(c1nc(Cl)nc2nc[nH]c12)C1CC1)C(=O)O. The highest BCUT2D eigenvalue weighted by molar-refractivity contribution is 6.28. The number of nitrogens with two attached hydrogens (primary N) is 1. The Hall–Kier alpha value is -2.46. The lowest BCUT2D eigenvalue weighted by molar-refractivity contribution is -0.141. The third kappa shape index (κ3) is 4.83. The van der Waals surface area contributed by atoms with E-state index in [1.165, 1.54) is 6.33 Å². The Morgan fingerprint density at radius 2 is 2.19 bits per heavy atom. The number of hydrogen-bond acceptors (Lipinski definition) is 7. The third-order valence-corrected chi connectivity index (χ3v) is 4.56. The molecule has 1 aliphatic carbocycles. The van der Waals surface area contributed by atoms with Crippen LogP contribution in [0.25, 0.3) is 11.2 Å². The number of anilines is 1. The first-order valence-electron chi connectivity index (χ1n) is 8.85. The molecule has 0 aromatic carbocycles. The molecule has 0 unspecified atom stereocenters. The van der Waals surface area contributed by atoms with Crippen LogP contribution in [0.15, 0.2) is 6.33 Å². The molecule has 0 saturated heterocycles. The number of nitrogens with one attached hydrogen (secondary N) is 2. The number of rotatable bonds is 10. The van der Waals surface area contributed by atoms with Crippen molar-refractivity contribution in [3.63, 3.8) is 0 Å². The van der Waals surface area contributed by atoms with Crippen molar-refractivity contribution in [2.24, 2.45) is 5.73 Å². The minimum Gasteiger partial charge on any atom is -0.480 e. The van der Waals surface area contributed by atoms with Crippen LogP contribution in [0.3, 0.4) is 0 Å². The van der Waals surface area contributed by atoms with Gasteiger partial charge in [0.1, 0.15) is 11.6 Å². The zero-order valence-corrected chi connectivity index (χ0v) is 15.4. The average molecular weight is 396 g/mol. The highest BCUT2D eigenvalue weighted by atomic mass is 35.5. The van der Waals surface area contributed by atoms with Gasteiger partial charge in [-0.3, -0.25) is 4.79 Å². The largest absolute Gasteiger partial charge is 0.480 e. The van der Waals surface area contributed by atoms with Gasteiger partial charge in [-0.15, -0.1) is 0 Å². The fourth-order valence-corrected chi connectivity index (χ4v) is 3.07. The number of carboxylic acid groups (broad SMARTS) is 1. The Kier molecular flexibility index (Phi) is 6.07. The van der Waals surface area contributed by atoms with Crippen LogP contribution in [0.2, 0.25) is 5.28 Å². The molecule has 27 heavy (non-hydrogen) atoms. The lowest BCUT2D eigenvalue weighted by Crippen LogP contribution is -2.46. The van der Waals surface area contributed by atoms with Gasteiger partial charge in [-0.1, -0.05) is 0 Å². The number of H-pyrrole nitrogens is 1. The number of aromatic nitrogens is 4. The van der Waals surface area contributed by atoms with E-state index in [4.69, 9.17) is 17.3 Å². The lowest BCUT2D eigenvalue weighted by atomic mass is 10.1. The van der Waals surface area contributed by atoms with E-state index in [0.29, 0.717) is 42.8 Å². The van der Waals surface area contributed by atoms with Gasteiger partial charge in [-0.05, 0) is 50.2 Å². The predicted molar refractivity (Wildman–Crippen MR) is 99.5 cm³/mol. The van der Waals surface area contributed by atoms with E-state index < -0.39 is 12.0 Å². The van der Waals surface area contributed by atoms with Crippen LogP contribution < -0.4 is 16.0 Å². The van der Waals surface area contributed by atoms with Crippen LogP contribution in [0.1, 0.15) is 32.1 Å². The maximum atomic E-state index is 12.5. The number of halogens is 1. The second-order valence-electron chi connectivity index (χ2n) is 6.52. The van der Waals surface area contributed by atoms with Gasteiger partial charge >= 0.3 is 5.97 Å². The summed E-state index contributed by atoms with van der Waals surface area (Å²) in [4.78, 5) is 41.1. The number of aromatic amines is 1. The van der Waals surface area contributed by atoms with E-state index in [1.54, 1.807) is 0 Å². The van der Waals surface area contributed by atoms with Gasteiger partial charge in [-0.2, -0.15) is 9.97 Å². The molecule has 2 aromatic rings. The highest BCUT2D eigenvalue weighted by Gasteiger charge is 2.34.